The minimum Gasteiger partial charge on any atom is -0.337 e. The second-order valence-electron chi connectivity index (χ2n) is 7.40. The first-order valence-corrected chi connectivity index (χ1v) is 8.89. The van der Waals surface area contributed by atoms with Crippen LogP contribution in [0.5, 0.6) is 0 Å². The van der Waals surface area contributed by atoms with E-state index in [-0.39, 0.29) is 11.3 Å². The quantitative estimate of drug-likeness (QED) is 0.843. The highest BCUT2D eigenvalue weighted by Crippen LogP contribution is 2.39. The van der Waals surface area contributed by atoms with Gasteiger partial charge in [0.15, 0.2) is 0 Å². The number of hydrogen-bond acceptors (Lipinski definition) is 5. The topological polar surface area (TPSA) is 67.2 Å². The Balaban J connectivity index is 1.41. The van der Waals surface area contributed by atoms with Crippen LogP contribution in [0, 0.1) is 5.41 Å². The monoisotopic (exact) mass is 340 g/mol. The van der Waals surface area contributed by atoms with Crippen LogP contribution in [0.3, 0.4) is 0 Å². The lowest BCUT2D eigenvalue weighted by molar-refractivity contribution is 0.0670. The Hall–Kier alpha value is -2.28. The Morgan fingerprint density at radius 3 is 2.88 bits per heavy atom. The first-order valence-electron chi connectivity index (χ1n) is 8.89. The molecule has 2 aliphatic heterocycles. The molecule has 0 saturated carbocycles. The van der Waals surface area contributed by atoms with Gasteiger partial charge in [0.1, 0.15) is 5.69 Å². The number of likely N-dealkylation sites (tertiary alicyclic amines) is 2. The van der Waals surface area contributed by atoms with Gasteiger partial charge in [-0.1, -0.05) is 0 Å². The molecule has 2 saturated heterocycles. The van der Waals surface area contributed by atoms with E-state index in [1.807, 2.05) is 22.8 Å². The third kappa shape index (κ3) is 3.42. The van der Waals surface area contributed by atoms with Crippen molar-refractivity contribution in [2.24, 2.45) is 12.5 Å². The molecule has 0 N–H and O–H groups in total. The Bertz CT molecular complexity index is 745. The maximum atomic E-state index is 12.6. The Labute approximate surface area is 147 Å². The van der Waals surface area contributed by atoms with E-state index in [1.165, 1.54) is 18.4 Å². The van der Waals surface area contributed by atoms with E-state index in [1.54, 1.807) is 18.6 Å². The number of carbonyl (C=O) groups is 1. The summed E-state index contributed by atoms with van der Waals surface area (Å²) in [7, 11) is 1.95. The lowest BCUT2D eigenvalue weighted by Crippen LogP contribution is -2.45. The van der Waals surface area contributed by atoms with Crippen molar-refractivity contribution in [3.05, 3.63) is 42.2 Å². The van der Waals surface area contributed by atoms with Gasteiger partial charge in [-0.2, -0.15) is 5.10 Å². The maximum Gasteiger partial charge on any atom is 0.274 e. The summed E-state index contributed by atoms with van der Waals surface area (Å²) < 4.78 is 1.85. The molecule has 2 aliphatic rings. The summed E-state index contributed by atoms with van der Waals surface area (Å²) in [5.74, 6) is 0.00866. The van der Waals surface area contributed by atoms with Crippen molar-refractivity contribution in [2.45, 2.75) is 25.8 Å². The zero-order chi connectivity index (χ0) is 17.3. The fourth-order valence-corrected chi connectivity index (χ4v) is 4.27. The third-order valence-electron chi connectivity index (χ3n) is 5.41. The number of hydrogen-bond donors (Lipinski definition) is 0. The van der Waals surface area contributed by atoms with Crippen molar-refractivity contribution < 1.29 is 4.79 Å². The highest BCUT2D eigenvalue weighted by atomic mass is 16.2. The van der Waals surface area contributed by atoms with E-state index in [0.717, 1.165) is 39.1 Å². The Kier molecular flexibility index (Phi) is 4.25. The molecule has 1 spiro atoms. The van der Waals surface area contributed by atoms with Crippen LogP contribution in [-0.4, -0.2) is 61.6 Å². The van der Waals surface area contributed by atoms with E-state index in [0.29, 0.717) is 5.69 Å². The van der Waals surface area contributed by atoms with Gasteiger partial charge in [0.2, 0.25) is 0 Å². The van der Waals surface area contributed by atoms with Gasteiger partial charge in [0.25, 0.3) is 5.91 Å². The summed E-state index contributed by atoms with van der Waals surface area (Å²) in [4.78, 5) is 25.3. The number of aromatic nitrogens is 4. The summed E-state index contributed by atoms with van der Waals surface area (Å²) in [5, 5.41) is 4.26. The number of piperidine rings is 1. The van der Waals surface area contributed by atoms with E-state index < -0.39 is 0 Å². The van der Waals surface area contributed by atoms with Gasteiger partial charge in [0, 0.05) is 62.8 Å². The summed E-state index contributed by atoms with van der Waals surface area (Å²) in [6.45, 7) is 4.75. The number of aryl methyl sites for hydroxylation is 1. The van der Waals surface area contributed by atoms with E-state index in [4.69, 9.17) is 0 Å². The minimum atomic E-state index is 0.00866. The number of carbonyl (C=O) groups excluding carboxylic acids is 1. The molecular weight excluding hydrogens is 316 g/mol. The predicted octanol–water partition coefficient (Wildman–Crippen LogP) is 1.34. The van der Waals surface area contributed by atoms with Crippen LogP contribution < -0.4 is 0 Å². The maximum absolute atomic E-state index is 12.6. The second-order valence-corrected chi connectivity index (χ2v) is 7.40. The largest absolute Gasteiger partial charge is 0.337 e. The van der Waals surface area contributed by atoms with Crippen molar-refractivity contribution in [3.63, 3.8) is 0 Å². The fraction of sp³-hybridized carbons (Fsp3) is 0.556. The molecule has 0 radical (unpaired) electrons. The zero-order valence-electron chi connectivity index (χ0n) is 14.6. The van der Waals surface area contributed by atoms with Gasteiger partial charge in [-0.3, -0.25) is 19.4 Å². The highest BCUT2D eigenvalue weighted by Gasteiger charge is 2.43. The second kappa shape index (κ2) is 6.55. The summed E-state index contributed by atoms with van der Waals surface area (Å²) in [6.07, 6.45) is 12.2. The summed E-state index contributed by atoms with van der Waals surface area (Å²) in [6, 6.07) is 0. The van der Waals surface area contributed by atoms with Gasteiger partial charge in [-0.15, -0.1) is 0 Å². The summed E-state index contributed by atoms with van der Waals surface area (Å²) >= 11 is 0. The van der Waals surface area contributed by atoms with Gasteiger partial charge < -0.3 is 4.90 Å². The summed E-state index contributed by atoms with van der Waals surface area (Å²) in [5.41, 5.74) is 1.92. The van der Waals surface area contributed by atoms with Crippen molar-refractivity contribution in [1.82, 2.24) is 29.5 Å². The van der Waals surface area contributed by atoms with Crippen LogP contribution >= 0.6 is 0 Å². The molecule has 7 heteroatoms. The normalized spacial score (nSPS) is 24.1. The molecule has 7 nitrogen and oxygen atoms in total. The molecule has 1 atom stereocenters. The van der Waals surface area contributed by atoms with Crippen LogP contribution in [0.25, 0.3) is 0 Å². The average molecular weight is 340 g/mol. The Morgan fingerprint density at radius 2 is 2.12 bits per heavy atom. The molecule has 0 aromatic carbocycles. The minimum absolute atomic E-state index is 0.00866. The first kappa shape index (κ1) is 16.2. The van der Waals surface area contributed by atoms with Crippen LogP contribution in [0.4, 0.5) is 0 Å². The lowest BCUT2D eigenvalue weighted by Gasteiger charge is -2.40. The number of rotatable bonds is 3. The molecule has 132 valence electrons. The van der Waals surface area contributed by atoms with Crippen LogP contribution in [-0.2, 0) is 13.6 Å². The molecule has 1 amide bonds. The zero-order valence-corrected chi connectivity index (χ0v) is 14.6. The molecule has 2 aromatic heterocycles. The Morgan fingerprint density at radius 1 is 1.20 bits per heavy atom. The molecule has 1 unspecified atom stereocenters. The average Bonchev–Trinajstić information content (AvgIpc) is 3.22. The van der Waals surface area contributed by atoms with Crippen molar-refractivity contribution in [2.75, 3.05) is 26.2 Å². The molecule has 0 aliphatic carbocycles. The molecule has 25 heavy (non-hydrogen) atoms. The predicted molar refractivity (Wildman–Crippen MR) is 92.7 cm³/mol. The van der Waals surface area contributed by atoms with Crippen molar-refractivity contribution >= 4 is 5.91 Å². The molecule has 2 aromatic rings. The standard InChI is InChI=1S/C18H24N6O/c1-22-11-15(9-21-22)12-23-7-2-3-18(13-23)4-8-24(14-18)17(25)16-10-19-5-6-20-16/h5-6,9-11H,2-4,7-8,12-14H2,1H3. The van der Waals surface area contributed by atoms with Crippen molar-refractivity contribution in [3.8, 4) is 0 Å². The van der Waals surface area contributed by atoms with Gasteiger partial charge in [0.05, 0.1) is 12.4 Å². The van der Waals surface area contributed by atoms with Crippen LogP contribution in [0.15, 0.2) is 31.0 Å². The van der Waals surface area contributed by atoms with Gasteiger partial charge in [-0.25, -0.2) is 4.98 Å². The molecular formula is C18H24N6O. The smallest absolute Gasteiger partial charge is 0.274 e. The van der Waals surface area contributed by atoms with Gasteiger partial charge >= 0.3 is 0 Å². The van der Waals surface area contributed by atoms with E-state index >= 15 is 0 Å². The van der Waals surface area contributed by atoms with Crippen LogP contribution in [0.2, 0.25) is 0 Å². The third-order valence-corrected chi connectivity index (χ3v) is 5.41. The van der Waals surface area contributed by atoms with Crippen LogP contribution in [0.1, 0.15) is 35.3 Å². The SMILES string of the molecule is Cn1cc(CN2CCCC3(CCN(C(=O)c4cnccn4)C3)C2)cn1. The highest BCUT2D eigenvalue weighted by molar-refractivity contribution is 5.92. The number of amides is 1. The fourth-order valence-electron chi connectivity index (χ4n) is 4.27. The van der Waals surface area contributed by atoms with Gasteiger partial charge in [-0.05, 0) is 25.8 Å². The molecule has 0 bridgehead atoms. The molecule has 4 heterocycles. The first-order chi connectivity index (χ1) is 12.1. The van der Waals surface area contributed by atoms with Crippen molar-refractivity contribution in [1.29, 1.82) is 0 Å². The van der Waals surface area contributed by atoms with E-state index in [2.05, 4.69) is 26.2 Å². The molecule has 4 rings (SSSR count). The molecule has 2 fully saturated rings. The van der Waals surface area contributed by atoms with E-state index in [9.17, 15) is 4.79 Å². The lowest BCUT2D eigenvalue weighted by atomic mass is 9.79. The number of nitrogens with zero attached hydrogens (tertiary/aromatic N) is 6.